The highest BCUT2D eigenvalue weighted by Crippen LogP contribution is 2.11. The zero-order valence-corrected chi connectivity index (χ0v) is 13.6. The number of hydrogen-bond acceptors (Lipinski definition) is 5. The molecule has 0 aliphatic heterocycles. The van der Waals surface area contributed by atoms with E-state index in [0.29, 0.717) is 11.3 Å². The van der Waals surface area contributed by atoms with E-state index in [1.165, 1.54) is 12.5 Å². The number of furan rings is 1. The van der Waals surface area contributed by atoms with Crippen molar-refractivity contribution in [2.75, 3.05) is 11.9 Å². The van der Waals surface area contributed by atoms with Crippen molar-refractivity contribution in [2.45, 2.75) is 13.3 Å². The normalized spacial score (nSPS) is 10.4. The number of amides is 2. The Bertz CT molecular complexity index is 853. The number of imidazole rings is 1. The number of aryl methyl sites for hydroxylation is 1. The fourth-order valence-electron chi connectivity index (χ4n) is 2.23. The molecule has 0 saturated carbocycles. The summed E-state index contributed by atoms with van der Waals surface area (Å²) < 4.78 is 6.68. The predicted molar refractivity (Wildman–Crippen MR) is 90.4 cm³/mol. The number of rotatable bonds is 6. The van der Waals surface area contributed by atoms with Crippen molar-refractivity contribution in [1.29, 1.82) is 0 Å². The average Bonchev–Trinajstić information content (AvgIpc) is 3.27. The van der Waals surface area contributed by atoms with E-state index in [1.54, 1.807) is 30.6 Å². The number of hydrogen-bond donors (Lipinski definition) is 2. The van der Waals surface area contributed by atoms with Crippen LogP contribution in [0.1, 0.15) is 22.6 Å². The Morgan fingerprint density at radius 2 is 2.12 bits per heavy atom. The van der Waals surface area contributed by atoms with Crippen molar-refractivity contribution in [3.63, 3.8) is 0 Å². The Hall–Kier alpha value is -3.42. The molecule has 3 rings (SSSR count). The second-order valence-electron chi connectivity index (χ2n) is 5.32. The Morgan fingerprint density at radius 1 is 1.24 bits per heavy atom. The largest absolute Gasteiger partial charge is 0.472 e. The second-order valence-corrected chi connectivity index (χ2v) is 5.32. The summed E-state index contributed by atoms with van der Waals surface area (Å²) >= 11 is 0. The van der Waals surface area contributed by atoms with Gasteiger partial charge in [-0.25, -0.2) is 9.97 Å². The molecule has 0 spiro atoms. The maximum Gasteiger partial charge on any atom is 0.254 e. The lowest BCUT2D eigenvalue weighted by atomic mass is 10.3. The number of aromatic nitrogens is 3. The summed E-state index contributed by atoms with van der Waals surface area (Å²) in [5.41, 5.74) is 1.02. The van der Waals surface area contributed by atoms with Crippen LogP contribution in [0, 0.1) is 6.92 Å². The van der Waals surface area contributed by atoms with Crippen LogP contribution in [0.2, 0.25) is 0 Å². The van der Waals surface area contributed by atoms with E-state index in [2.05, 4.69) is 20.6 Å². The summed E-state index contributed by atoms with van der Waals surface area (Å²) in [5.74, 6) is 1.07. The molecule has 0 unspecified atom stereocenters. The van der Waals surface area contributed by atoms with Crippen LogP contribution in [0.25, 0.3) is 5.82 Å². The predicted octanol–water partition coefficient (Wildman–Crippen LogP) is 1.93. The molecule has 8 nitrogen and oxygen atoms in total. The van der Waals surface area contributed by atoms with E-state index >= 15 is 0 Å². The first-order valence-corrected chi connectivity index (χ1v) is 7.70. The zero-order valence-electron chi connectivity index (χ0n) is 13.6. The van der Waals surface area contributed by atoms with Gasteiger partial charge in [0, 0.05) is 25.4 Å². The Morgan fingerprint density at radius 3 is 2.76 bits per heavy atom. The first-order valence-electron chi connectivity index (χ1n) is 7.70. The third-order valence-electron chi connectivity index (χ3n) is 3.53. The number of nitrogens with one attached hydrogen (secondary N) is 2. The van der Waals surface area contributed by atoms with Crippen LogP contribution in [0.15, 0.2) is 53.7 Å². The van der Waals surface area contributed by atoms with Crippen LogP contribution in [-0.4, -0.2) is 32.9 Å². The van der Waals surface area contributed by atoms with Crippen molar-refractivity contribution in [3.8, 4) is 5.82 Å². The first-order chi connectivity index (χ1) is 12.1. The molecule has 3 heterocycles. The number of carbonyl (C=O) groups excluding carboxylic acids is 2. The lowest BCUT2D eigenvalue weighted by Gasteiger charge is -2.08. The van der Waals surface area contributed by atoms with Gasteiger partial charge in [-0.05, 0) is 25.1 Å². The summed E-state index contributed by atoms with van der Waals surface area (Å²) in [5, 5.41) is 5.39. The molecule has 0 fully saturated rings. The van der Waals surface area contributed by atoms with Gasteiger partial charge in [0.05, 0.1) is 23.7 Å². The van der Waals surface area contributed by atoms with Crippen molar-refractivity contribution >= 4 is 17.5 Å². The van der Waals surface area contributed by atoms with Gasteiger partial charge in [-0.15, -0.1) is 0 Å². The molecule has 3 aromatic rings. The molecular weight excluding hydrogens is 322 g/mol. The van der Waals surface area contributed by atoms with Gasteiger partial charge in [0.25, 0.3) is 5.91 Å². The number of pyridine rings is 1. The third-order valence-corrected chi connectivity index (χ3v) is 3.53. The summed E-state index contributed by atoms with van der Waals surface area (Å²) in [7, 11) is 0. The maximum absolute atomic E-state index is 11.9. The van der Waals surface area contributed by atoms with E-state index in [-0.39, 0.29) is 24.8 Å². The van der Waals surface area contributed by atoms with Gasteiger partial charge in [-0.1, -0.05) is 0 Å². The fraction of sp³-hybridized carbons (Fsp3) is 0.176. The number of anilines is 1. The third kappa shape index (κ3) is 4.11. The number of carbonyl (C=O) groups is 2. The van der Waals surface area contributed by atoms with E-state index in [4.69, 9.17) is 4.42 Å². The van der Waals surface area contributed by atoms with Crippen LogP contribution in [0.4, 0.5) is 5.69 Å². The van der Waals surface area contributed by atoms with Gasteiger partial charge in [-0.3, -0.25) is 14.2 Å². The molecule has 0 bridgehead atoms. The molecule has 25 heavy (non-hydrogen) atoms. The van der Waals surface area contributed by atoms with Crippen LogP contribution in [0.5, 0.6) is 0 Å². The van der Waals surface area contributed by atoms with E-state index in [0.717, 1.165) is 11.6 Å². The Kier molecular flexibility index (Phi) is 4.89. The molecule has 8 heteroatoms. The average molecular weight is 339 g/mol. The van der Waals surface area contributed by atoms with Crippen molar-refractivity contribution < 1.29 is 14.0 Å². The molecule has 0 aromatic carbocycles. The highest BCUT2D eigenvalue weighted by Gasteiger charge is 2.08. The second kappa shape index (κ2) is 7.43. The lowest BCUT2D eigenvalue weighted by molar-refractivity contribution is -0.116. The Balaban J connectivity index is 1.48. The van der Waals surface area contributed by atoms with Crippen LogP contribution < -0.4 is 10.6 Å². The van der Waals surface area contributed by atoms with E-state index in [1.807, 2.05) is 17.7 Å². The van der Waals surface area contributed by atoms with Crippen molar-refractivity contribution in [3.05, 3.63) is 60.7 Å². The summed E-state index contributed by atoms with van der Waals surface area (Å²) in [6.07, 6.45) is 8.03. The molecule has 0 radical (unpaired) electrons. The molecule has 0 atom stereocenters. The Labute approximate surface area is 143 Å². The fourth-order valence-corrected chi connectivity index (χ4v) is 2.23. The monoisotopic (exact) mass is 339 g/mol. The lowest BCUT2D eigenvalue weighted by Crippen LogP contribution is -2.27. The SMILES string of the molecule is Cc1nccn1-c1ccc(NC(=O)CCNC(=O)c2ccoc2)cn1. The smallest absolute Gasteiger partial charge is 0.254 e. The van der Waals surface area contributed by atoms with E-state index in [9.17, 15) is 9.59 Å². The molecule has 0 saturated heterocycles. The summed E-state index contributed by atoms with van der Waals surface area (Å²) in [6.45, 7) is 2.12. The zero-order chi connectivity index (χ0) is 17.6. The highest BCUT2D eigenvalue weighted by molar-refractivity contribution is 5.94. The van der Waals surface area contributed by atoms with Gasteiger partial charge in [0.15, 0.2) is 0 Å². The maximum atomic E-state index is 11.9. The van der Waals surface area contributed by atoms with Crippen LogP contribution >= 0.6 is 0 Å². The first kappa shape index (κ1) is 16.4. The molecule has 2 N–H and O–H groups in total. The molecule has 0 aliphatic carbocycles. The van der Waals surface area contributed by atoms with E-state index < -0.39 is 0 Å². The quantitative estimate of drug-likeness (QED) is 0.714. The van der Waals surface area contributed by atoms with Crippen molar-refractivity contribution in [1.82, 2.24) is 19.9 Å². The van der Waals surface area contributed by atoms with Crippen LogP contribution in [0.3, 0.4) is 0 Å². The molecule has 3 aromatic heterocycles. The summed E-state index contributed by atoms with van der Waals surface area (Å²) in [4.78, 5) is 32.1. The molecular formula is C17H17N5O3. The van der Waals surface area contributed by atoms with Gasteiger partial charge in [0.1, 0.15) is 17.9 Å². The minimum atomic E-state index is -0.275. The van der Waals surface area contributed by atoms with Gasteiger partial charge in [0.2, 0.25) is 5.91 Å². The van der Waals surface area contributed by atoms with Gasteiger partial charge < -0.3 is 15.1 Å². The summed E-state index contributed by atoms with van der Waals surface area (Å²) in [6, 6.07) is 5.12. The topological polar surface area (TPSA) is 102 Å². The molecule has 0 aliphatic rings. The molecule has 2 amide bonds. The van der Waals surface area contributed by atoms with Crippen molar-refractivity contribution in [2.24, 2.45) is 0 Å². The van der Waals surface area contributed by atoms with Crippen LogP contribution in [-0.2, 0) is 4.79 Å². The number of nitrogens with zero attached hydrogens (tertiary/aromatic N) is 3. The van der Waals surface area contributed by atoms with Gasteiger partial charge in [-0.2, -0.15) is 0 Å². The highest BCUT2D eigenvalue weighted by atomic mass is 16.3. The molecule has 128 valence electrons. The standard InChI is InChI=1S/C17H17N5O3/c1-12-18-7-8-22(12)15-3-2-14(10-20-15)21-16(23)4-6-19-17(24)13-5-9-25-11-13/h2-3,5,7-11H,4,6H2,1H3,(H,19,24)(H,21,23). The minimum absolute atomic E-state index is 0.159. The van der Waals surface area contributed by atoms with Gasteiger partial charge >= 0.3 is 0 Å². The minimum Gasteiger partial charge on any atom is -0.472 e.